The largest absolute Gasteiger partial charge is 0.462 e. The Morgan fingerprint density at radius 3 is 1.39 bits per heavy atom. The number of carbonyl (C=O) groups excluding carboxylic acids is 3. The van der Waals surface area contributed by atoms with Crippen molar-refractivity contribution in [1.29, 1.82) is 0 Å². The third-order valence-electron chi connectivity index (χ3n) is 10.2. The Labute approximate surface area is 436 Å². The van der Waals surface area contributed by atoms with E-state index in [-0.39, 0.29) is 50.3 Å². The number of nitrogen functional groups attached to an aromatic ring is 2. The van der Waals surface area contributed by atoms with Gasteiger partial charge in [-0.25, -0.2) is 0 Å². The molecule has 2 unspecified atom stereocenters. The summed E-state index contributed by atoms with van der Waals surface area (Å²) in [4.78, 5) is 39.9. The van der Waals surface area contributed by atoms with Crippen LogP contribution in [0.1, 0.15) is 172 Å². The molecule has 0 aliphatic heterocycles. The van der Waals surface area contributed by atoms with E-state index in [0.29, 0.717) is 17.8 Å². The standard InChI is InChI=1S/C45H64I6N2O6/c1-4-7-8-9-10-11-12-13-14-15-16-17-18-19-20-23-37(54)59-32(28-57-38(55)24-30(21-5-2)40-33(46)26-35(48)44(52)42(40)50)29-58-39(56)25-31(22-6-3)41-34(47)27-36(49)45(53)43(41)51/h13-14,26-27,30-32H,4-12,15-25,28-29,52-53H2,1-3H3/b14-13-. The molecule has 0 aliphatic carbocycles. The first-order valence-corrected chi connectivity index (χ1v) is 27.7. The number of carbonyl (C=O) groups is 3. The van der Waals surface area contributed by atoms with Crippen LogP contribution in [-0.2, 0) is 28.6 Å². The first-order valence-electron chi connectivity index (χ1n) is 21.3. The fraction of sp³-hybridized carbons (Fsp3) is 0.622. The smallest absolute Gasteiger partial charge is 0.306 e. The Balaban J connectivity index is 2.01. The zero-order valence-corrected chi connectivity index (χ0v) is 47.9. The lowest BCUT2D eigenvalue weighted by atomic mass is 9.91. The predicted molar refractivity (Wildman–Crippen MR) is 294 cm³/mol. The SMILES string of the molecule is CCCCCCCC/C=C\CCCCCCCC(=O)OC(COC(=O)CC(CCC)c1c(I)cc(I)c(N)c1I)COC(=O)CC(CCC)c1c(I)cc(I)c(N)c1I. The van der Waals surface area contributed by atoms with Crippen molar-refractivity contribution in [2.45, 2.75) is 167 Å². The van der Waals surface area contributed by atoms with Gasteiger partial charge in [0.05, 0.1) is 24.2 Å². The van der Waals surface area contributed by atoms with E-state index in [1.807, 2.05) is 12.1 Å². The minimum atomic E-state index is -0.920. The fourth-order valence-corrected chi connectivity index (χ4v) is 15.5. The zero-order valence-electron chi connectivity index (χ0n) is 35.0. The van der Waals surface area contributed by atoms with E-state index in [4.69, 9.17) is 25.7 Å². The molecule has 2 rings (SSSR count). The molecule has 14 heteroatoms. The molecule has 0 aromatic heterocycles. The van der Waals surface area contributed by atoms with Crippen molar-refractivity contribution >= 4 is 165 Å². The van der Waals surface area contributed by atoms with Crippen LogP contribution in [0.3, 0.4) is 0 Å². The number of ether oxygens (including phenoxy) is 3. The number of halogens is 6. The lowest BCUT2D eigenvalue weighted by Gasteiger charge is -2.23. The van der Waals surface area contributed by atoms with Crippen LogP contribution in [0, 0.1) is 21.4 Å². The van der Waals surface area contributed by atoms with Crippen molar-refractivity contribution < 1.29 is 28.6 Å². The highest BCUT2D eigenvalue weighted by Gasteiger charge is 2.27. The summed E-state index contributed by atoms with van der Waals surface area (Å²) in [5, 5.41) is 0. The van der Waals surface area contributed by atoms with E-state index in [9.17, 15) is 14.4 Å². The zero-order chi connectivity index (χ0) is 43.7. The number of anilines is 2. The Kier molecular flexibility index (Phi) is 30.5. The van der Waals surface area contributed by atoms with Gasteiger partial charge in [-0.1, -0.05) is 97.1 Å². The molecule has 8 nitrogen and oxygen atoms in total. The second kappa shape index (κ2) is 32.3. The maximum atomic E-state index is 13.4. The molecule has 0 bridgehead atoms. The molecule has 4 N–H and O–H groups in total. The summed E-state index contributed by atoms with van der Waals surface area (Å²) < 4.78 is 23.4. The van der Waals surface area contributed by atoms with Gasteiger partial charge in [0.1, 0.15) is 13.2 Å². The van der Waals surface area contributed by atoms with Crippen molar-refractivity contribution in [3.8, 4) is 0 Å². The normalized spacial score (nSPS) is 13.0. The molecule has 0 amide bonds. The van der Waals surface area contributed by atoms with Crippen LogP contribution in [0.4, 0.5) is 11.4 Å². The van der Waals surface area contributed by atoms with Crippen LogP contribution in [-0.4, -0.2) is 37.2 Å². The number of benzene rings is 2. The van der Waals surface area contributed by atoms with E-state index < -0.39 is 18.0 Å². The first-order chi connectivity index (χ1) is 28.2. The lowest BCUT2D eigenvalue weighted by Crippen LogP contribution is -2.31. The maximum absolute atomic E-state index is 13.4. The molecule has 2 aromatic rings. The molecule has 0 radical (unpaired) electrons. The van der Waals surface area contributed by atoms with Crippen LogP contribution < -0.4 is 11.5 Å². The van der Waals surface area contributed by atoms with Gasteiger partial charge in [-0.15, -0.1) is 0 Å². The van der Waals surface area contributed by atoms with E-state index in [0.717, 1.165) is 90.3 Å². The topological polar surface area (TPSA) is 131 Å². The quantitative estimate of drug-likeness (QED) is 0.0197. The summed E-state index contributed by atoms with van der Waals surface area (Å²) in [6.07, 6.45) is 22.9. The van der Waals surface area contributed by atoms with Crippen LogP contribution in [0.25, 0.3) is 0 Å². The number of unbranched alkanes of at least 4 members (excludes halogenated alkanes) is 11. The number of hydrogen-bond donors (Lipinski definition) is 2. The number of esters is 3. The number of allylic oxidation sites excluding steroid dienone is 2. The predicted octanol–water partition coefficient (Wildman–Crippen LogP) is 14.8. The van der Waals surface area contributed by atoms with E-state index in [2.05, 4.69) is 168 Å². The molecule has 0 spiro atoms. The highest BCUT2D eigenvalue weighted by atomic mass is 127. The summed E-state index contributed by atoms with van der Waals surface area (Å²) in [6, 6.07) is 4.09. The highest BCUT2D eigenvalue weighted by Crippen LogP contribution is 2.39. The van der Waals surface area contributed by atoms with E-state index >= 15 is 0 Å². The van der Waals surface area contributed by atoms with Gasteiger partial charge in [0.25, 0.3) is 0 Å². The first kappa shape index (κ1) is 55.7. The number of nitrogens with two attached hydrogens (primary N) is 2. The van der Waals surface area contributed by atoms with Crippen molar-refractivity contribution in [1.82, 2.24) is 0 Å². The Morgan fingerprint density at radius 1 is 0.559 bits per heavy atom. The van der Waals surface area contributed by atoms with Crippen LogP contribution in [0.15, 0.2) is 24.3 Å². The van der Waals surface area contributed by atoms with Gasteiger partial charge >= 0.3 is 17.9 Å². The second-order valence-electron chi connectivity index (χ2n) is 15.2. The van der Waals surface area contributed by atoms with Crippen LogP contribution in [0.5, 0.6) is 0 Å². The molecule has 0 saturated carbocycles. The van der Waals surface area contributed by atoms with Crippen molar-refractivity contribution in [2.75, 3.05) is 24.7 Å². The molecular formula is C45H64I6N2O6. The van der Waals surface area contributed by atoms with Crippen molar-refractivity contribution in [3.63, 3.8) is 0 Å². The fourth-order valence-electron chi connectivity index (χ4n) is 6.98. The van der Waals surface area contributed by atoms with E-state index in [1.54, 1.807) is 0 Å². The van der Waals surface area contributed by atoms with Crippen molar-refractivity contribution in [2.24, 2.45) is 0 Å². The van der Waals surface area contributed by atoms with Gasteiger partial charge in [-0.2, -0.15) is 0 Å². The maximum Gasteiger partial charge on any atom is 0.306 e. The van der Waals surface area contributed by atoms with Crippen LogP contribution >= 0.6 is 136 Å². The van der Waals surface area contributed by atoms with Gasteiger partial charge in [-0.3, -0.25) is 14.4 Å². The van der Waals surface area contributed by atoms with E-state index in [1.165, 1.54) is 44.9 Å². The molecule has 0 heterocycles. The lowest BCUT2D eigenvalue weighted by molar-refractivity contribution is -0.167. The molecule has 2 atom stereocenters. The second-order valence-corrected chi connectivity index (χ2v) is 22.0. The molecule has 332 valence electrons. The molecule has 0 aliphatic rings. The summed E-state index contributed by atoms with van der Waals surface area (Å²) in [7, 11) is 0. The highest BCUT2D eigenvalue weighted by molar-refractivity contribution is 14.1. The summed E-state index contributed by atoms with van der Waals surface area (Å²) >= 11 is 13.6. The third-order valence-corrected chi connectivity index (χ3v) is 16.1. The number of rotatable bonds is 30. The van der Waals surface area contributed by atoms with Gasteiger partial charge in [-0.05, 0) is 216 Å². The molecular weight excluding hydrogens is 1430 g/mol. The van der Waals surface area contributed by atoms with Gasteiger partial charge in [0, 0.05) is 27.8 Å². The van der Waals surface area contributed by atoms with Crippen molar-refractivity contribution in [3.05, 3.63) is 56.8 Å². The molecule has 2 aromatic carbocycles. The monoisotopic (exact) mass is 1490 g/mol. The summed E-state index contributed by atoms with van der Waals surface area (Å²) in [6.45, 7) is 6.04. The Hall–Kier alpha value is 0.570. The average Bonchev–Trinajstić information content (AvgIpc) is 3.18. The van der Waals surface area contributed by atoms with Gasteiger partial charge in [0.15, 0.2) is 6.10 Å². The van der Waals surface area contributed by atoms with Crippen LogP contribution in [0.2, 0.25) is 0 Å². The third kappa shape index (κ3) is 21.4. The Morgan fingerprint density at radius 2 is 0.966 bits per heavy atom. The minimum absolute atomic E-state index is 0.0815. The molecule has 59 heavy (non-hydrogen) atoms. The summed E-state index contributed by atoms with van der Waals surface area (Å²) in [5.74, 6) is -1.35. The Bertz CT molecular complexity index is 1550. The van der Waals surface area contributed by atoms with Gasteiger partial charge < -0.3 is 25.7 Å². The molecule has 0 saturated heterocycles. The van der Waals surface area contributed by atoms with Gasteiger partial charge in [0.2, 0.25) is 0 Å². The minimum Gasteiger partial charge on any atom is -0.462 e. The molecule has 0 fully saturated rings. The average molecular weight is 1490 g/mol. The number of hydrogen-bond acceptors (Lipinski definition) is 8. The summed E-state index contributed by atoms with van der Waals surface area (Å²) in [5.41, 5.74) is 16.3.